The molecule has 4 fully saturated rings. The summed E-state index contributed by atoms with van der Waals surface area (Å²) in [7, 11) is 0. The van der Waals surface area contributed by atoms with E-state index in [0.717, 1.165) is 19.3 Å². The van der Waals surface area contributed by atoms with Gasteiger partial charge in [-0.1, -0.05) is 33.8 Å². The molecule has 2 bridgehead atoms. The highest BCUT2D eigenvalue weighted by atomic mass is 16.3. The van der Waals surface area contributed by atoms with Crippen LogP contribution in [-0.4, -0.2) is 39.4 Å². The second-order valence-corrected chi connectivity index (χ2v) is 9.77. The SMILES string of the molecule is C=C1C(=O)[C@@]23[C@H](O)C[C@@H]4C(C)(C)CCC[C@@]4(C)[C@@H]2[C@@H](O)C[C@@H]1[C@H]3O. The Morgan fingerprint density at radius 1 is 1.08 bits per heavy atom. The second kappa shape index (κ2) is 4.72. The van der Waals surface area contributed by atoms with E-state index in [-0.39, 0.29) is 22.5 Å². The van der Waals surface area contributed by atoms with E-state index in [1.54, 1.807) is 0 Å². The number of hydrogen-bond acceptors (Lipinski definition) is 4. The number of aliphatic hydroxyl groups excluding tert-OH is 3. The lowest BCUT2D eigenvalue weighted by atomic mass is 9.39. The Kier molecular flexibility index (Phi) is 3.29. The number of carbonyl (C=O) groups is 1. The van der Waals surface area contributed by atoms with Crippen LogP contribution in [0.25, 0.3) is 0 Å². The highest BCUT2D eigenvalue weighted by molar-refractivity contribution is 6.04. The molecule has 1 spiro atoms. The first kappa shape index (κ1) is 16.7. The Balaban J connectivity index is 1.92. The van der Waals surface area contributed by atoms with Crippen LogP contribution >= 0.6 is 0 Å². The maximum atomic E-state index is 13.2. The number of carbonyl (C=O) groups excluding carboxylic acids is 1. The fourth-order valence-electron chi connectivity index (χ4n) is 7.50. The van der Waals surface area contributed by atoms with Crippen molar-refractivity contribution in [1.82, 2.24) is 0 Å². The van der Waals surface area contributed by atoms with Gasteiger partial charge in [-0.25, -0.2) is 0 Å². The van der Waals surface area contributed by atoms with Gasteiger partial charge in [0.2, 0.25) is 0 Å². The van der Waals surface area contributed by atoms with Gasteiger partial charge >= 0.3 is 0 Å². The zero-order valence-electron chi connectivity index (χ0n) is 15.0. The van der Waals surface area contributed by atoms with Crippen molar-refractivity contribution in [3.63, 3.8) is 0 Å². The Morgan fingerprint density at radius 2 is 1.75 bits per heavy atom. The summed E-state index contributed by atoms with van der Waals surface area (Å²) in [6, 6.07) is 0. The largest absolute Gasteiger partial charge is 0.393 e. The van der Waals surface area contributed by atoms with Gasteiger partial charge < -0.3 is 15.3 Å². The molecule has 134 valence electrons. The van der Waals surface area contributed by atoms with Crippen LogP contribution in [0.2, 0.25) is 0 Å². The third-order valence-electron chi connectivity index (χ3n) is 8.39. The van der Waals surface area contributed by atoms with E-state index in [1.165, 1.54) is 0 Å². The number of aliphatic hydroxyl groups is 3. The van der Waals surface area contributed by atoms with Crippen LogP contribution in [0.1, 0.15) is 52.9 Å². The standard InChI is InChI=1S/C20H30O4/c1-10-11-8-12(21)15-19(4)7-5-6-18(2,3)13(19)9-14(22)20(15,16(10)23)17(11)24/h11-15,17,21-22,24H,1,5-9H2,2-4H3/t11-,12-,13+,14+,15-,17+,19+,20+/m0/s1. The van der Waals surface area contributed by atoms with Crippen molar-refractivity contribution in [1.29, 1.82) is 0 Å². The second-order valence-electron chi connectivity index (χ2n) is 9.77. The minimum absolute atomic E-state index is 0.0652. The molecule has 0 heterocycles. The summed E-state index contributed by atoms with van der Waals surface area (Å²) in [4.78, 5) is 13.2. The lowest BCUT2D eigenvalue weighted by Crippen LogP contribution is -2.70. The molecular weight excluding hydrogens is 304 g/mol. The van der Waals surface area contributed by atoms with Crippen molar-refractivity contribution >= 4 is 5.78 Å². The minimum Gasteiger partial charge on any atom is -0.393 e. The van der Waals surface area contributed by atoms with Crippen molar-refractivity contribution in [2.75, 3.05) is 0 Å². The quantitative estimate of drug-likeness (QED) is 0.593. The van der Waals surface area contributed by atoms with E-state index in [0.29, 0.717) is 18.4 Å². The van der Waals surface area contributed by atoms with Gasteiger partial charge in [0.15, 0.2) is 5.78 Å². The van der Waals surface area contributed by atoms with Crippen LogP contribution in [0.15, 0.2) is 12.2 Å². The van der Waals surface area contributed by atoms with Crippen molar-refractivity contribution in [2.24, 2.45) is 34.0 Å². The van der Waals surface area contributed by atoms with E-state index in [4.69, 9.17) is 0 Å². The minimum atomic E-state index is -1.25. The smallest absolute Gasteiger partial charge is 0.170 e. The first-order chi connectivity index (χ1) is 11.1. The van der Waals surface area contributed by atoms with Gasteiger partial charge in [-0.05, 0) is 48.0 Å². The molecule has 4 rings (SSSR count). The lowest BCUT2D eigenvalue weighted by Gasteiger charge is -2.66. The summed E-state index contributed by atoms with van der Waals surface area (Å²) in [6.07, 6.45) is 1.52. The van der Waals surface area contributed by atoms with Crippen molar-refractivity contribution in [3.8, 4) is 0 Å². The molecule has 3 N–H and O–H groups in total. The molecule has 4 heteroatoms. The van der Waals surface area contributed by atoms with Gasteiger partial charge in [0, 0.05) is 11.8 Å². The number of hydrogen-bond donors (Lipinski definition) is 3. The third kappa shape index (κ3) is 1.63. The first-order valence-electron chi connectivity index (χ1n) is 9.36. The zero-order chi connectivity index (χ0) is 17.7. The van der Waals surface area contributed by atoms with Crippen LogP contribution < -0.4 is 0 Å². The molecule has 4 saturated carbocycles. The van der Waals surface area contributed by atoms with Crippen molar-refractivity contribution < 1.29 is 20.1 Å². The summed E-state index contributed by atoms with van der Waals surface area (Å²) in [5, 5.41) is 33.1. The Bertz CT molecular complexity index is 611. The first-order valence-corrected chi connectivity index (χ1v) is 9.36. The molecule has 0 aromatic heterocycles. The van der Waals surface area contributed by atoms with Gasteiger partial charge in [0.1, 0.15) is 0 Å². The summed E-state index contributed by atoms with van der Waals surface area (Å²) >= 11 is 0. The molecule has 24 heavy (non-hydrogen) atoms. The normalized spacial score (nSPS) is 55.9. The number of ketones is 1. The number of fused-ring (bicyclic) bond motifs is 3. The fourth-order valence-corrected chi connectivity index (χ4v) is 7.50. The monoisotopic (exact) mass is 334 g/mol. The maximum absolute atomic E-state index is 13.2. The zero-order valence-corrected chi connectivity index (χ0v) is 15.0. The predicted molar refractivity (Wildman–Crippen MR) is 90.0 cm³/mol. The van der Waals surface area contributed by atoms with Crippen molar-refractivity contribution in [2.45, 2.75) is 71.2 Å². The van der Waals surface area contributed by atoms with Gasteiger partial charge in [-0.2, -0.15) is 0 Å². The highest BCUT2D eigenvalue weighted by Gasteiger charge is 2.75. The Morgan fingerprint density at radius 3 is 2.42 bits per heavy atom. The van der Waals surface area contributed by atoms with E-state index < -0.39 is 35.6 Å². The highest BCUT2D eigenvalue weighted by Crippen LogP contribution is 2.70. The molecule has 0 unspecified atom stereocenters. The van der Waals surface area contributed by atoms with Gasteiger partial charge in [0.25, 0.3) is 0 Å². The number of rotatable bonds is 0. The van der Waals surface area contributed by atoms with Crippen LogP contribution in [0.5, 0.6) is 0 Å². The molecule has 0 radical (unpaired) electrons. The molecule has 0 aliphatic heterocycles. The van der Waals surface area contributed by atoms with E-state index in [9.17, 15) is 20.1 Å². The van der Waals surface area contributed by atoms with Gasteiger partial charge in [-0.15, -0.1) is 0 Å². The Hall–Kier alpha value is -0.710. The van der Waals surface area contributed by atoms with Crippen LogP contribution in [0, 0.1) is 34.0 Å². The molecule has 4 aliphatic carbocycles. The topological polar surface area (TPSA) is 77.8 Å². The van der Waals surface area contributed by atoms with Gasteiger partial charge in [0.05, 0.1) is 23.7 Å². The maximum Gasteiger partial charge on any atom is 0.170 e. The summed E-state index contributed by atoms with van der Waals surface area (Å²) in [6.45, 7) is 10.6. The van der Waals surface area contributed by atoms with Crippen molar-refractivity contribution in [3.05, 3.63) is 12.2 Å². The molecular formula is C20H30O4. The lowest BCUT2D eigenvalue weighted by molar-refractivity contribution is -0.250. The fraction of sp³-hybridized carbons (Fsp3) is 0.850. The molecule has 0 amide bonds. The molecule has 4 aliphatic rings. The van der Waals surface area contributed by atoms with Crippen LogP contribution in [-0.2, 0) is 4.79 Å². The van der Waals surface area contributed by atoms with E-state index in [2.05, 4.69) is 27.4 Å². The summed E-state index contributed by atoms with van der Waals surface area (Å²) in [5.74, 6) is -0.756. The van der Waals surface area contributed by atoms with Gasteiger partial charge in [-0.3, -0.25) is 4.79 Å². The number of Topliss-reactive ketones (excluding diaryl/α,β-unsaturated/α-hetero) is 1. The average molecular weight is 334 g/mol. The third-order valence-corrected chi connectivity index (χ3v) is 8.39. The summed E-state index contributed by atoms with van der Waals surface area (Å²) < 4.78 is 0. The molecule has 0 aromatic rings. The predicted octanol–water partition coefficient (Wildman–Crippen LogP) is 2.07. The van der Waals surface area contributed by atoms with Crippen LogP contribution in [0.3, 0.4) is 0 Å². The van der Waals surface area contributed by atoms with Crippen LogP contribution in [0.4, 0.5) is 0 Å². The molecule has 8 atom stereocenters. The molecule has 0 aromatic carbocycles. The van der Waals surface area contributed by atoms with E-state index >= 15 is 0 Å². The Labute approximate surface area is 144 Å². The molecule has 4 nitrogen and oxygen atoms in total. The molecule has 0 saturated heterocycles. The average Bonchev–Trinajstić information content (AvgIpc) is 2.61. The van der Waals surface area contributed by atoms with E-state index in [1.807, 2.05) is 0 Å². The summed E-state index contributed by atoms with van der Waals surface area (Å²) in [5.41, 5.74) is -1.03.